The van der Waals surface area contributed by atoms with Gasteiger partial charge in [0.05, 0.1) is 5.75 Å². The molecule has 18 heavy (non-hydrogen) atoms. The maximum Gasteiger partial charge on any atom is 0.211 e. The molecule has 2 aliphatic rings. The molecular formula is C13H26N2O2S. The zero-order chi connectivity index (χ0) is 13.0. The summed E-state index contributed by atoms with van der Waals surface area (Å²) in [5, 5.41) is 3.24. The van der Waals surface area contributed by atoms with Gasteiger partial charge in [0.2, 0.25) is 10.0 Å². The molecule has 0 amide bonds. The first-order valence-corrected chi connectivity index (χ1v) is 8.96. The minimum absolute atomic E-state index is 0.234. The Morgan fingerprint density at radius 2 is 2.00 bits per heavy atom. The van der Waals surface area contributed by atoms with Gasteiger partial charge in [-0.15, -0.1) is 0 Å². The Kier molecular flexibility index (Phi) is 5.04. The molecule has 0 heterocycles. The third-order valence-electron chi connectivity index (χ3n) is 4.26. The van der Waals surface area contributed by atoms with E-state index in [4.69, 9.17) is 0 Å². The number of sulfonamides is 1. The lowest BCUT2D eigenvalue weighted by atomic mass is 9.96. The first-order valence-electron chi connectivity index (χ1n) is 7.31. The molecule has 0 saturated heterocycles. The van der Waals surface area contributed by atoms with Crippen molar-refractivity contribution in [3.05, 3.63) is 0 Å². The lowest BCUT2D eigenvalue weighted by Gasteiger charge is -2.22. The van der Waals surface area contributed by atoms with E-state index >= 15 is 0 Å². The Balaban J connectivity index is 1.67. The molecule has 0 spiro atoms. The topological polar surface area (TPSA) is 58.2 Å². The zero-order valence-electron chi connectivity index (χ0n) is 11.3. The summed E-state index contributed by atoms with van der Waals surface area (Å²) in [5.74, 6) is 1.66. The molecule has 3 atom stereocenters. The van der Waals surface area contributed by atoms with E-state index in [0.29, 0.717) is 12.3 Å². The summed E-state index contributed by atoms with van der Waals surface area (Å²) < 4.78 is 26.8. The van der Waals surface area contributed by atoms with Crippen LogP contribution in [0.15, 0.2) is 0 Å². The number of hydrogen-bond donors (Lipinski definition) is 2. The average Bonchev–Trinajstić information content (AvgIpc) is 2.90. The molecule has 2 saturated carbocycles. The van der Waals surface area contributed by atoms with E-state index in [1.165, 1.54) is 19.3 Å². The van der Waals surface area contributed by atoms with Gasteiger partial charge < -0.3 is 5.32 Å². The highest BCUT2D eigenvalue weighted by molar-refractivity contribution is 7.89. The maximum atomic E-state index is 12.0. The Morgan fingerprint density at radius 3 is 2.61 bits per heavy atom. The van der Waals surface area contributed by atoms with Crippen molar-refractivity contribution in [1.29, 1.82) is 0 Å². The summed E-state index contributed by atoms with van der Waals surface area (Å²) in [6.45, 7) is 3.88. The van der Waals surface area contributed by atoms with Crippen LogP contribution in [0.1, 0.15) is 45.4 Å². The fraction of sp³-hybridized carbons (Fsp3) is 1.00. The van der Waals surface area contributed by atoms with Crippen LogP contribution in [0.2, 0.25) is 0 Å². The normalized spacial score (nSPS) is 31.1. The van der Waals surface area contributed by atoms with Crippen LogP contribution >= 0.6 is 0 Å². The van der Waals surface area contributed by atoms with Crippen LogP contribution < -0.4 is 10.0 Å². The second kappa shape index (κ2) is 6.35. The van der Waals surface area contributed by atoms with E-state index in [1.807, 2.05) is 0 Å². The Labute approximate surface area is 111 Å². The molecule has 2 bridgehead atoms. The van der Waals surface area contributed by atoms with E-state index < -0.39 is 10.0 Å². The van der Waals surface area contributed by atoms with Crippen LogP contribution in [0, 0.1) is 11.8 Å². The van der Waals surface area contributed by atoms with E-state index in [-0.39, 0.29) is 11.8 Å². The fourth-order valence-electron chi connectivity index (χ4n) is 3.37. The first kappa shape index (κ1) is 14.3. The van der Waals surface area contributed by atoms with Crippen LogP contribution in [0.4, 0.5) is 0 Å². The number of hydrogen-bond acceptors (Lipinski definition) is 3. The van der Waals surface area contributed by atoms with Crippen molar-refractivity contribution in [2.75, 3.05) is 18.8 Å². The molecular weight excluding hydrogens is 248 g/mol. The van der Waals surface area contributed by atoms with Crippen LogP contribution in [0.3, 0.4) is 0 Å². The minimum Gasteiger partial charge on any atom is -0.317 e. The van der Waals surface area contributed by atoms with Gasteiger partial charge in [-0.1, -0.05) is 13.3 Å². The van der Waals surface area contributed by atoms with Crippen LogP contribution in [-0.2, 0) is 10.0 Å². The molecule has 0 aliphatic heterocycles. The van der Waals surface area contributed by atoms with Gasteiger partial charge in [-0.2, -0.15) is 0 Å². The van der Waals surface area contributed by atoms with Gasteiger partial charge in [0.15, 0.2) is 0 Å². The molecule has 2 aliphatic carbocycles. The summed E-state index contributed by atoms with van der Waals surface area (Å²) >= 11 is 0. The first-order chi connectivity index (χ1) is 8.61. The van der Waals surface area contributed by atoms with Crippen LogP contribution in [-0.4, -0.2) is 33.3 Å². The monoisotopic (exact) mass is 274 g/mol. The van der Waals surface area contributed by atoms with Gasteiger partial charge in [-0.25, -0.2) is 13.1 Å². The van der Waals surface area contributed by atoms with Gasteiger partial charge >= 0.3 is 0 Å². The number of nitrogens with one attached hydrogen (secondary N) is 2. The van der Waals surface area contributed by atoms with E-state index in [0.717, 1.165) is 31.8 Å². The maximum absolute atomic E-state index is 12.0. The van der Waals surface area contributed by atoms with Crippen molar-refractivity contribution in [2.45, 2.75) is 51.5 Å². The smallest absolute Gasteiger partial charge is 0.211 e. The lowest BCUT2D eigenvalue weighted by Crippen LogP contribution is -2.40. The molecule has 106 valence electrons. The summed E-state index contributed by atoms with van der Waals surface area (Å²) in [4.78, 5) is 0. The van der Waals surface area contributed by atoms with Crippen molar-refractivity contribution >= 4 is 10.0 Å². The van der Waals surface area contributed by atoms with Crippen molar-refractivity contribution in [3.63, 3.8) is 0 Å². The minimum atomic E-state index is -3.06. The van der Waals surface area contributed by atoms with Crippen molar-refractivity contribution in [2.24, 2.45) is 11.8 Å². The predicted molar refractivity (Wildman–Crippen MR) is 73.9 cm³/mol. The second-order valence-corrected chi connectivity index (χ2v) is 7.70. The molecule has 0 aromatic rings. The summed E-state index contributed by atoms with van der Waals surface area (Å²) in [6.07, 6.45) is 6.63. The Hall–Kier alpha value is -0.130. The number of rotatable bonds is 8. The molecule has 0 aromatic carbocycles. The predicted octanol–water partition coefficient (Wildman–Crippen LogP) is 1.48. The van der Waals surface area contributed by atoms with Crippen LogP contribution in [0.5, 0.6) is 0 Å². The van der Waals surface area contributed by atoms with Gasteiger partial charge in [0.25, 0.3) is 0 Å². The van der Waals surface area contributed by atoms with Gasteiger partial charge in [-0.05, 0) is 57.0 Å². The molecule has 5 heteroatoms. The van der Waals surface area contributed by atoms with E-state index in [2.05, 4.69) is 17.0 Å². The SMILES string of the molecule is CCCNCCCS(=O)(=O)NC1CC2CCC1C2. The Morgan fingerprint density at radius 1 is 1.17 bits per heavy atom. The van der Waals surface area contributed by atoms with Crippen molar-refractivity contribution in [1.82, 2.24) is 10.0 Å². The van der Waals surface area contributed by atoms with Gasteiger partial charge in [0.1, 0.15) is 0 Å². The quantitative estimate of drug-likeness (QED) is 0.659. The highest BCUT2D eigenvalue weighted by atomic mass is 32.2. The van der Waals surface area contributed by atoms with Gasteiger partial charge in [0, 0.05) is 6.04 Å². The van der Waals surface area contributed by atoms with E-state index in [9.17, 15) is 8.42 Å². The Bertz CT molecular complexity index is 356. The largest absolute Gasteiger partial charge is 0.317 e. The van der Waals surface area contributed by atoms with Crippen molar-refractivity contribution < 1.29 is 8.42 Å². The third-order valence-corrected chi connectivity index (χ3v) is 5.75. The summed E-state index contributed by atoms with van der Waals surface area (Å²) in [6, 6.07) is 0.234. The third kappa shape index (κ3) is 3.93. The van der Waals surface area contributed by atoms with E-state index in [1.54, 1.807) is 0 Å². The fourth-order valence-corrected chi connectivity index (χ4v) is 4.76. The number of fused-ring (bicyclic) bond motifs is 2. The summed E-state index contributed by atoms with van der Waals surface area (Å²) in [5.41, 5.74) is 0. The molecule has 2 fully saturated rings. The second-order valence-electron chi connectivity index (χ2n) is 5.82. The van der Waals surface area contributed by atoms with Gasteiger partial charge in [-0.3, -0.25) is 0 Å². The van der Waals surface area contributed by atoms with Crippen molar-refractivity contribution in [3.8, 4) is 0 Å². The zero-order valence-corrected chi connectivity index (χ0v) is 12.1. The standard InChI is InChI=1S/C13H26N2O2S/c1-2-6-14-7-3-8-18(16,17)15-13-10-11-4-5-12(13)9-11/h11-15H,2-10H2,1H3. The average molecular weight is 274 g/mol. The highest BCUT2D eigenvalue weighted by Gasteiger charge is 2.40. The van der Waals surface area contributed by atoms with Crippen LogP contribution in [0.25, 0.3) is 0 Å². The summed E-state index contributed by atoms with van der Waals surface area (Å²) in [7, 11) is -3.06. The lowest BCUT2D eigenvalue weighted by molar-refractivity contribution is 0.390. The highest BCUT2D eigenvalue weighted by Crippen LogP contribution is 2.44. The molecule has 0 aromatic heterocycles. The molecule has 3 unspecified atom stereocenters. The molecule has 2 rings (SSSR count). The molecule has 0 radical (unpaired) electrons. The molecule has 4 nitrogen and oxygen atoms in total. The molecule has 2 N–H and O–H groups in total.